The number of nitrogens with zero attached hydrogens (tertiary/aromatic N) is 1. The van der Waals surface area contributed by atoms with Gasteiger partial charge in [0.1, 0.15) is 11.5 Å². The molecule has 0 fully saturated rings. The lowest BCUT2D eigenvalue weighted by Crippen LogP contribution is -2.21. The fourth-order valence-corrected chi connectivity index (χ4v) is 2.82. The molecule has 3 aromatic rings. The lowest BCUT2D eigenvalue weighted by molar-refractivity contribution is -0.384. The van der Waals surface area contributed by atoms with E-state index in [2.05, 4.69) is 5.32 Å². The van der Waals surface area contributed by atoms with Crippen LogP contribution in [0.4, 0.5) is 14.5 Å². The van der Waals surface area contributed by atoms with Crippen molar-refractivity contribution in [2.75, 3.05) is 6.54 Å². The summed E-state index contributed by atoms with van der Waals surface area (Å²) in [7, 11) is 0. The lowest BCUT2D eigenvalue weighted by Gasteiger charge is -2.12. The Kier molecular flexibility index (Phi) is 6.03. The second-order valence-corrected chi connectivity index (χ2v) is 6.44. The van der Waals surface area contributed by atoms with E-state index in [1.165, 1.54) is 24.3 Å². The molecule has 6 nitrogen and oxygen atoms in total. The van der Waals surface area contributed by atoms with E-state index in [9.17, 15) is 24.0 Å². The van der Waals surface area contributed by atoms with E-state index in [0.717, 1.165) is 12.1 Å². The molecule has 2 N–H and O–H groups in total. The Morgan fingerprint density at radius 2 is 1.93 bits per heavy atom. The molecule has 3 rings (SSSR count). The van der Waals surface area contributed by atoms with Crippen molar-refractivity contribution < 1.29 is 23.2 Å². The number of rotatable bonds is 7. The average Bonchev–Trinajstić information content (AvgIpc) is 3.12. The molecule has 0 bridgehead atoms. The molecule has 9 heteroatoms. The number of nitrogens with one attached hydrogen (secondary N) is 1. The molecule has 0 aliphatic heterocycles. The molecular weight excluding hydrogens is 394 g/mol. The first-order valence-corrected chi connectivity index (χ1v) is 8.59. The average molecular weight is 409 g/mol. The minimum absolute atomic E-state index is 0.0716. The van der Waals surface area contributed by atoms with Gasteiger partial charge in [0.2, 0.25) is 0 Å². The number of nitro benzene ring substituents is 1. The van der Waals surface area contributed by atoms with Crippen LogP contribution in [0.25, 0.3) is 11.3 Å². The van der Waals surface area contributed by atoms with Crippen LogP contribution < -0.4 is 5.32 Å². The van der Waals surface area contributed by atoms with Gasteiger partial charge in [0.05, 0.1) is 23.1 Å². The molecule has 146 valence electrons. The standard InChI is InChI=1S/C19H15ClF2N2O4/c20-12-2-4-14(17(8-12)24(26)27)19-6-3-13(28-19)9-23-10-18(25)11-1-5-15(21)16(22)7-11/h1-8,18,23,25H,9-10H2. The maximum Gasteiger partial charge on any atom is 0.281 e. The number of halogens is 3. The van der Waals surface area contributed by atoms with E-state index >= 15 is 0 Å². The first kappa shape index (κ1) is 19.9. The Labute approximate surface area is 163 Å². The molecule has 1 aromatic heterocycles. The summed E-state index contributed by atoms with van der Waals surface area (Å²) in [5, 5.41) is 24.4. The smallest absolute Gasteiger partial charge is 0.281 e. The van der Waals surface area contributed by atoms with Crippen LogP contribution in [-0.2, 0) is 6.54 Å². The molecule has 0 saturated heterocycles. The third-order valence-electron chi connectivity index (χ3n) is 4.05. The Morgan fingerprint density at radius 3 is 2.64 bits per heavy atom. The van der Waals surface area contributed by atoms with Crippen LogP contribution in [0.2, 0.25) is 5.02 Å². The number of hydrogen-bond donors (Lipinski definition) is 2. The van der Waals surface area contributed by atoms with Crippen LogP contribution in [0.15, 0.2) is 52.9 Å². The van der Waals surface area contributed by atoms with E-state index in [1.54, 1.807) is 12.1 Å². The largest absolute Gasteiger partial charge is 0.459 e. The van der Waals surface area contributed by atoms with Gasteiger partial charge in [0.15, 0.2) is 11.6 Å². The molecule has 28 heavy (non-hydrogen) atoms. The number of hydrogen-bond acceptors (Lipinski definition) is 5. The highest BCUT2D eigenvalue weighted by atomic mass is 35.5. The van der Waals surface area contributed by atoms with Gasteiger partial charge in [-0.15, -0.1) is 0 Å². The van der Waals surface area contributed by atoms with Crippen molar-refractivity contribution in [2.45, 2.75) is 12.6 Å². The molecule has 0 spiro atoms. The van der Waals surface area contributed by atoms with Crippen LogP contribution in [0, 0.1) is 21.7 Å². The van der Waals surface area contributed by atoms with Gasteiger partial charge in [0, 0.05) is 17.6 Å². The Balaban J connectivity index is 1.64. The normalized spacial score (nSPS) is 12.1. The molecule has 0 aliphatic carbocycles. The van der Waals surface area contributed by atoms with E-state index in [0.29, 0.717) is 17.1 Å². The Bertz CT molecular complexity index is 1010. The molecular formula is C19H15ClF2N2O4. The molecule has 0 aliphatic rings. The zero-order valence-corrected chi connectivity index (χ0v) is 15.1. The number of benzene rings is 2. The highest BCUT2D eigenvalue weighted by Gasteiger charge is 2.19. The maximum atomic E-state index is 13.2. The summed E-state index contributed by atoms with van der Waals surface area (Å²) in [6.45, 7) is 0.296. The number of aliphatic hydroxyl groups excluding tert-OH is 1. The Morgan fingerprint density at radius 1 is 1.14 bits per heavy atom. The minimum atomic E-state index is -1.04. The van der Waals surface area contributed by atoms with E-state index in [1.807, 2.05) is 0 Å². The summed E-state index contributed by atoms with van der Waals surface area (Å²) >= 11 is 5.81. The Hall–Kier alpha value is -2.81. The monoisotopic (exact) mass is 408 g/mol. The van der Waals surface area contributed by atoms with Gasteiger partial charge in [-0.3, -0.25) is 10.1 Å². The summed E-state index contributed by atoms with van der Waals surface area (Å²) in [5.74, 6) is -1.22. The second kappa shape index (κ2) is 8.47. The van der Waals surface area contributed by atoms with Crippen LogP contribution in [0.3, 0.4) is 0 Å². The van der Waals surface area contributed by atoms with Gasteiger partial charge < -0.3 is 14.8 Å². The quantitative estimate of drug-likeness (QED) is 0.440. The molecule has 1 unspecified atom stereocenters. The number of nitro groups is 1. The third-order valence-corrected chi connectivity index (χ3v) is 4.28. The molecule has 1 atom stereocenters. The SMILES string of the molecule is O=[N+]([O-])c1cc(Cl)ccc1-c1ccc(CNCC(O)c2ccc(F)c(F)c2)o1. The number of aliphatic hydroxyl groups is 1. The van der Waals surface area contributed by atoms with Crippen molar-refractivity contribution in [3.05, 3.63) is 86.6 Å². The molecule has 0 radical (unpaired) electrons. The van der Waals surface area contributed by atoms with Crippen molar-refractivity contribution in [1.82, 2.24) is 5.32 Å². The van der Waals surface area contributed by atoms with E-state index in [-0.39, 0.29) is 29.4 Å². The first-order valence-electron chi connectivity index (χ1n) is 8.22. The van der Waals surface area contributed by atoms with Crippen molar-refractivity contribution in [2.24, 2.45) is 0 Å². The van der Waals surface area contributed by atoms with Crippen LogP contribution >= 0.6 is 11.6 Å². The first-order chi connectivity index (χ1) is 13.3. The predicted molar refractivity (Wildman–Crippen MR) is 98.8 cm³/mol. The van der Waals surface area contributed by atoms with Crippen LogP contribution in [0.5, 0.6) is 0 Å². The number of furan rings is 1. The van der Waals surface area contributed by atoms with Gasteiger partial charge in [-0.2, -0.15) is 0 Å². The lowest BCUT2D eigenvalue weighted by atomic mass is 10.1. The fourth-order valence-electron chi connectivity index (χ4n) is 2.65. The summed E-state index contributed by atoms with van der Waals surface area (Å²) in [6.07, 6.45) is -1.04. The highest BCUT2D eigenvalue weighted by molar-refractivity contribution is 6.30. The summed E-state index contributed by atoms with van der Waals surface area (Å²) < 4.78 is 31.8. The predicted octanol–water partition coefficient (Wildman–Crippen LogP) is 4.61. The zero-order chi connectivity index (χ0) is 20.3. The van der Waals surface area contributed by atoms with Crippen LogP contribution in [-0.4, -0.2) is 16.6 Å². The summed E-state index contributed by atoms with van der Waals surface area (Å²) in [4.78, 5) is 10.7. The molecule has 1 heterocycles. The zero-order valence-electron chi connectivity index (χ0n) is 14.4. The summed E-state index contributed by atoms with van der Waals surface area (Å²) in [6, 6.07) is 10.7. The van der Waals surface area contributed by atoms with Crippen molar-refractivity contribution >= 4 is 17.3 Å². The summed E-state index contributed by atoms with van der Waals surface area (Å²) in [5.41, 5.74) is 0.362. The van der Waals surface area contributed by atoms with E-state index in [4.69, 9.17) is 16.0 Å². The van der Waals surface area contributed by atoms with Crippen LogP contribution in [0.1, 0.15) is 17.4 Å². The maximum absolute atomic E-state index is 13.2. The van der Waals surface area contributed by atoms with Crippen molar-refractivity contribution in [3.63, 3.8) is 0 Å². The van der Waals surface area contributed by atoms with Gasteiger partial charge in [-0.1, -0.05) is 17.7 Å². The minimum Gasteiger partial charge on any atom is -0.459 e. The van der Waals surface area contributed by atoms with Gasteiger partial charge in [-0.05, 0) is 42.0 Å². The molecule has 0 amide bonds. The van der Waals surface area contributed by atoms with Crippen molar-refractivity contribution in [1.29, 1.82) is 0 Å². The third kappa shape index (κ3) is 4.53. The van der Waals surface area contributed by atoms with Gasteiger partial charge in [0.25, 0.3) is 5.69 Å². The fraction of sp³-hybridized carbons (Fsp3) is 0.158. The van der Waals surface area contributed by atoms with Crippen molar-refractivity contribution in [3.8, 4) is 11.3 Å². The highest BCUT2D eigenvalue weighted by Crippen LogP contribution is 2.33. The van der Waals surface area contributed by atoms with Gasteiger partial charge in [-0.25, -0.2) is 8.78 Å². The molecule has 0 saturated carbocycles. The van der Waals surface area contributed by atoms with E-state index < -0.39 is 22.7 Å². The molecule has 2 aromatic carbocycles. The topological polar surface area (TPSA) is 88.5 Å². The second-order valence-electron chi connectivity index (χ2n) is 6.00. The van der Waals surface area contributed by atoms with Gasteiger partial charge >= 0.3 is 0 Å².